The van der Waals surface area contributed by atoms with Crippen LogP contribution in [0.25, 0.3) is 0 Å². The monoisotopic (exact) mass is 713 g/mol. The lowest BCUT2D eigenvalue weighted by atomic mass is 10.1. The molecular weight excluding hydrogens is 636 g/mol. The molecule has 0 heterocycles. The van der Waals surface area contributed by atoms with Gasteiger partial charge < -0.3 is 14.2 Å². The lowest BCUT2D eigenvalue weighted by Gasteiger charge is -2.18. The average Bonchev–Trinajstić information content (AvgIpc) is 3.12. The first kappa shape index (κ1) is 48.1. The van der Waals surface area contributed by atoms with Crippen LogP contribution in [0.4, 0.5) is 0 Å². The smallest absolute Gasteiger partial charge is 0.306 e. The third-order valence-corrected chi connectivity index (χ3v) is 8.49. The van der Waals surface area contributed by atoms with Crippen molar-refractivity contribution >= 4 is 17.9 Å². The Labute approximate surface area is 313 Å². The molecule has 0 spiro atoms. The molecule has 0 saturated carbocycles. The molecule has 6 heteroatoms. The highest BCUT2D eigenvalue weighted by atomic mass is 16.6. The fourth-order valence-corrected chi connectivity index (χ4v) is 5.37. The zero-order valence-corrected chi connectivity index (χ0v) is 33.1. The van der Waals surface area contributed by atoms with E-state index in [0.29, 0.717) is 19.3 Å². The maximum absolute atomic E-state index is 12.6. The summed E-state index contributed by atoms with van der Waals surface area (Å²) in [7, 11) is 0. The van der Waals surface area contributed by atoms with E-state index in [0.717, 1.165) is 116 Å². The van der Waals surface area contributed by atoms with Gasteiger partial charge in [-0.1, -0.05) is 152 Å². The second-order valence-electron chi connectivity index (χ2n) is 13.5. The molecule has 6 nitrogen and oxygen atoms in total. The number of rotatable bonds is 36. The Kier molecular flexibility index (Phi) is 37.6. The molecule has 0 amide bonds. The molecular formula is C45H76O6. The highest BCUT2D eigenvalue weighted by molar-refractivity contribution is 5.71. The van der Waals surface area contributed by atoms with Crippen molar-refractivity contribution in [1.29, 1.82) is 0 Å². The van der Waals surface area contributed by atoms with Gasteiger partial charge in [-0.2, -0.15) is 0 Å². The first-order chi connectivity index (χ1) is 25.0. The maximum atomic E-state index is 12.6. The van der Waals surface area contributed by atoms with E-state index in [-0.39, 0.29) is 31.1 Å². The fourth-order valence-electron chi connectivity index (χ4n) is 5.37. The molecule has 0 N–H and O–H groups in total. The van der Waals surface area contributed by atoms with Crippen molar-refractivity contribution < 1.29 is 28.6 Å². The molecule has 0 saturated heterocycles. The van der Waals surface area contributed by atoms with E-state index in [1.54, 1.807) is 0 Å². The highest BCUT2D eigenvalue weighted by Crippen LogP contribution is 2.12. The lowest BCUT2D eigenvalue weighted by Crippen LogP contribution is -2.30. The van der Waals surface area contributed by atoms with Crippen molar-refractivity contribution in [3.8, 4) is 0 Å². The molecule has 0 bridgehead atoms. The van der Waals surface area contributed by atoms with Gasteiger partial charge in [0.25, 0.3) is 0 Å². The van der Waals surface area contributed by atoms with Crippen LogP contribution in [-0.2, 0) is 28.6 Å². The van der Waals surface area contributed by atoms with Crippen LogP contribution in [0.1, 0.15) is 188 Å². The molecule has 0 aromatic heterocycles. The SMILES string of the molecule is CC/C=C\C/C=C\C/C=C\CCCCCC(=O)OCC(COC(=O)CCCCCCCCC)OC(=O)CCCCCCC/C=C\C/C=C\CCC. The number of carbonyl (C=O) groups is 3. The van der Waals surface area contributed by atoms with Crippen LogP contribution in [0, 0.1) is 0 Å². The van der Waals surface area contributed by atoms with Crippen molar-refractivity contribution in [3.05, 3.63) is 60.8 Å². The number of hydrogen-bond acceptors (Lipinski definition) is 6. The molecule has 0 aromatic rings. The van der Waals surface area contributed by atoms with Crippen LogP contribution in [0.5, 0.6) is 0 Å². The summed E-state index contributed by atoms with van der Waals surface area (Å²) in [6, 6.07) is 0. The van der Waals surface area contributed by atoms with Gasteiger partial charge in [-0.25, -0.2) is 0 Å². The second-order valence-corrected chi connectivity index (χ2v) is 13.5. The van der Waals surface area contributed by atoms with Gasteiger partial charge in [0.15, 0.2) is 6.10 Å². The quantitative estimate of drug-likeness (QED) is 0.0278. The van der Waals surface area contributed by atoms with E-state index in [4.69, 9.17) is 14.2 Å². The summed E-state index contributed by atoms with van der Waals surface area (Å²) < 4.78 is 16.6. The normalized spacial score (nSPS) is 12.6. The van der Waals surface area contributed by atoms with E-state index in [2.05, 4.69) is 81.5 Å². The Morgan fingerprint density at radius 2 is 0.804 bits per heavy atom. The van der Waals surface area contributed by atoms with E-state index in [1.807, 2.05) is 0 Å². The number of allylic oxidation sites excluding steroid dienone is 10. The third-order valence-electron chi connectivity index (χ3n) is 8.49. The predicted octanol–water partition coefficient (Wildman–Crippen LogP) is 13.0. The highest BCUT2D eigenvalue weighted by Gasteiger charge is 2.19. The van der Waals surface area contributed by atoms with Gasteiger partial charge in [0.05, 0.1) is 0 Å². The molecule has 1 unspecified atom stereocenters. The van der Waals surface area contributed by atoms with Gasteiger partial charge in [0.2, 0.25) is 0 Å². The molecule has 0 aromatic carbocycles. The van der Waals surface area contributed by atoms with E-state index < -0.39 is 6.10 Å². The van der Waals surface area contributed by atoms with Crippen LogP contribution in [0.2, 0.25) is 0 Å². The van der Waals surface area contributed by atoms with Gasteiger partial charge in [-0.3, -0.25) is 14.4 Å². The average molecular weight is 713 g/mol. The van der Waals surface area contributed by atoms with Crippen molar-refractivity contribution in [2.75, 3.05) is 13.2 Å². The van der Waals surface area contributed by atoms with Gasteiger partial charge in [-0.05, 0) is 77.0 Å². The number of esters is 3. The molecule has 0 aliphatic rings. The summed E-state index contributed by atoms with van der Waals surface area (Å²) in [5, 5.41) is 0. The first-order valence-corrected chi connectivity index (χ1v) is 20.8. The van der Waals surface area contributed by atoms with Crippen LogP contribution >= 0.6 is 0 Å². The summed E-state index contributed by atoms with van der Waals surface area (Å²) in [5.41, 5.74) is 0. The topological polar surface area (TPSA) is 78.9 Å². The van der Waals surface area contributed by atoms with Crippen molar-refractivity contribution in [2.24, 2.45) is 0 Å². The van der Waals surface area contributed by atoms with Crippen LogP contribution in [0.15, 0.2) is 60.8 Å². The molecule has 0 aliphatic carbocycles. The van der Waals surface area contributed by atoms with Crippen LogP contribution in [0.3, 0.4) is 0 Å². The number of ether oxygens (including phenoxy) is 3. The van der Waals surface area contributed by atoms with Crippen LogP contribution in [-0.4, -0.2) is 37.2 Å². The minimum atomic E-state index is -0.787. The fraction of sp³-hybridized carbons (Fsp3) is 0.711. The standard InChI is InChI=1S/C45H76O6/c1-4-7-10-13-16-18-20-22-24-26-29-32-35-38-44(47)50-41-42(40-49-43(46)37-34-31-28-15-12-9-6-3)51-45(48)39-36-33-30-27-25-23-21-19-17-14-11-8-5-2/h7,10-11,14,16,18-19,21-22,24,42H,4-6,8-9,12-13,15,17,20,23,25-41H2,1-3H3/b10-7-,14-11-,18-16-,21-19-,24-22-. The summed E-state index contributed by atoms with van der Waals surface area (Å²) >= 11 is 0. The first-order valence-electron chi connectivity index (χ1n) is 20.8. The number of hydrogen-bond donors (Lipinski definition) is 0. The molecule has 0 fully saturated rings. The number of unbranched alkanes of at least 4 members (excludes halogenated alkanes) is 15. The summed E-state index contributed by atoms with van der Waals surface area (Å²) in [5.74, 6) is -0.950. The van der Waals surface area contributed by atoms with Gasteiger partial charge >= 0.3 is 17.9 Å². The molecule has 1 atom stereocenters. The predicted molar refractivity (Wildman–Crippen MR) is 215 cm³/mol. The summed E-state index contributed by atoms with van der Waals surface area (Å²) in [6.45, 7) is 6.35. The Morgan fingerprint density at radius 1 is 0.412 bits per heavy atom. The Bertz CT molecular complexity index is 960. The van der Waals surface area contributed by atoms with Crippen molar-refractivity contribution in [1.82, 2.24) is 0 Å². The minimum Gasteiger partial charge on any atom is -0.462 e. The van der Waals surface area contributed by atoms with E-state index in [9.17, 15) is 14.4 Å². The largest absolute Gasteiger partial charge is 0.462 e. The van der Waals surface area contributed by atoms with Crippen molar-refractivity contribution in [3.63, 3.8) is 0 Å². The summed E-state index contributed by atoms with van der Waals surface area (Å²) in [4.78, 5) is 37.5. The van der Waals surface area contributed by atoms with Crippen molar-refractivity contribution in [2.45, 2.75) is 194 Å². The zero-order chi connectivity index (χ0) is 37.3. The van der Waals surface area contributed by atoms with Crippen LogP contribution < -0.4 is 0 Å². The zero-order valence-electron chi connectivity index (χ0n) is 33.1. The molecule has 0 aliphatic heterocycles. The van der Waals surface area contributed by atoms with E-state index >= 15 is 0 Å². The molecule has 0 radical (unpaired) electrons. The third kappa shape index (κ3) is 38.2. The Morgan fingerprint density at radius 3 is 1.29 bits per heavy atom. The lowest BCUT2D eigenvalue weighted by molar-refractivity contribution is -0.167. The Hall–Kier alpha value is -2.89. The van der Waals surface area contributed by atoms with E-state index in [1.165, 1.54) is 32.1 Å². The minimum absolute atomic E-state index is 0.0900. The second kappa shape index (κ2) is 39.9. The molecule has 0 rings (SSSR count). The van der Waals surface area contributed by atoms with Gasteiger partial charge in [-0.15, -0.1) is 0 Å². The number of carbonyl (C=O) groups excluding carboxylic acids is 3. The molecule has 292 valence electrons. The van der Waals surface area contributed by atoms with Gasteiger partial charge in [0.1, 0.15) is 13.2 Å². The Balaban J connectivity index is 4.42. The molecule has 51 heavy (non-hydrogen) atoms. The maximum Gasteiger partial charge on any atom is 0.306 e. The van der Waals surface area contributed by atoms with Gasteiger partial charge in [0, 0.05) is 19.3 Å². The summed E-state index contributed by atoms with van der Waals surface area (Å²) in [6.07, 6.45) is 46.4.